The number of carbonyl (C=O) groups is 2. The SMILES string of the molecule is O=C(C=Cc1ccc(Br)s1)N1CCN(C(=O)C2CCCO2)CC1. The summed E-state index contributed by atoms with van der Waals surface area (Å²) in [6.45, 7) is 3.01. The normalized spacial score (nSPS) is 22.0. The molecule has 2 saturated heterocycles. The summed E-state index contributed by atoms with van der Waals surface area (Å²) in [7, 11) is 0. The van der Waals surface area contributed by atoms with Crippen LogP contribution in [0.5, 0.6) is 0 Å². The van der Waals surface area contributed by atoms with Gasteiger partial charge in [-0.3, -0.25) is 9.59 Å². The van der Waals surface area contributed by atoms with Gasteiger partial charge in [0.25, 0.3) is 5.91 Å². The Morgan fingerprint density at radius 3 is 2.57 bits per heavy atom. The van der Waals surface area contributed by atoms with Crippen molar-refractivity contribution < 1.29 is 14.3 Å². The van der Waals surface area contributed by atoms with Crippen molar-refractivity contribution in [3.8, 4) is 0 Å². The lowest BCUT2D eigenvalue weighted by Gasteiger charge is -2.35. The maximum atomic E-state index is 12.3. The first-order chi connectivity index (χ1) is 11.1. The largest absolute Gasteiger partial charge is 0.368 e. The smallest absolute Gasteiger partial charge is 0.251 e. The average molecular weight is 399 g/mol. The van der Waals surface area contributed by atoms with E-state index < -0.39 is 0 Å². The van der Waals surface area contributed by atoms with Crippen molar-refractivity contribution in [1.29, 1.82) is 0 Å². The van der Waals surface area contributed by atoms with Gasteiger partial charge in [-0.25, -0.2) is 0 Å². The maximum Gasteiger partial charge on any atom is 0.251 e. The van der Waals surface area contributed by atoms with Crippen molar-refractivity contribution >= 4 is 45.2 Å². The summed E-state index contributed by atoms with van der Waals surface area (Å²) in [4.78, 5) is 29.1. The number of rotatable bonds is 3. The quantitative estimate of drug-likeness (QED) is 0.734. The van der Waals surface area contributed by atoms with E-state index in [1.807, 2.05) is 23.1 Å². The Morgan fingerprint density at radius 2 is 1.96 bits per heavy atom. The minimum atomic E-state index is -0.269. The first kappa shape index (κ1) is 16.7. The molecule has 1 unspecified atom stereocenters. The van der Waals surface area contributed by atoms with E-state index >= 15 is 0 Å². The number of amides is 2. The molecule has 2 aliphatic rings. The van der Waals surface area contributed by atoms with Crippen LogP contribution in [0.1, 0.15) is 17.7 Å². The molecule has 3 heterocycles. The van der Waals surface area contributed by atoms with Crippen LogP contribution in [0.4, 0.5) is 0 Å². The highest BCUT2D eigenvalue weighted by atomic mass is 79.9. The van der Waals surface area contributed by atoms with E-state index in [1.165, 1.54) is 0 Å². The van der Waals surface area contributed by atoms with Gasteiger partial charge in [0.15, 0.2) is 0 Å². The lowest BCUT2D eigenvalue weighted by molar-refractivity contribution is -0.144. The summed E-state index contributed by atoms with van der Waals surface area (Å²) in [6.07, 6.45) is 4.95. The molecule has 2 fully saturated rings. The van der Waals surface area contributed by atoms with Crippen molar-refractivity contribution in [2.45, 2.75) is 18.9 Å². The Bertz CT molecular complexity index is 602. The predicted octanol–water partition coefficient (Wildman–Crippen LogP) is 2.37. The molecule has 5 nitrogen and oxygen atoms in total. The van der Waals surface area contributed by atoms with Gasteiger partial charge in [0.05, 0.1) is 3.79 Å². The molecule has 0 spiro atoms. The van der Waals surface area contributed by atoms with Crippen molar-refractivity contribution in [3.63, 3.8) is 0 Å². The topological polar surface area (TPSA) is 49.9 Å². The van der Waals surface area contributed by atoms with Crippen LogP contribution in [-0.4, -0.2) is 60.5 Å². The Labute approximate surface area is 148 Å². The molecule has 0 radical (unpaired) electrons. The molecule has 0 bridgehead atoms. The van der Waals surface area contributed by atoms with Gasteiger partial charge in [-0.2, -0.15) is 0 Å². The number of hydrogen-bond donors (Lipinski definition) is 0. The molecule has 2 aliphatic heterocycles. The molecule has 1 atom stereocenters. The van der Waals surface area contributed by atoms with Crippen LogP contribution in [0.15, 0.2) is 22.0 Å². The fourth-order valence-electron chi connectivity index (χ4n) is 2.80. The first-order valence-electron chi connectivity index (χ1n) is 7.76. The Balaban J connectivity index is 1.49. The van der Waals surface area contributed by atoms with E-state index in [1.54, 1.807) is 22.3 Å². The maximum absolute atomic E-state index is 12.3. The van der Waals surface area contributed by atoms with Gasteiger partial charge in [0.2, 0.25) is 5.91 Å². The van der Waals surface area contributed by atoms with E-state index in [0.717, 1.165) is 21.5 Å². The van der Waals surface area contributed by atoms with Crippen LogP contribution < -0.4 is 0 Å². The van der Waals surface area contributed by atoms with E-state index in [2.05, 4.69) is 15.9 Å². The third-order valence-corrected chi connectivity index (χ3v) is 5.68. The molecule has 1 aromatic rings. The number of thiophene rings is 1. The summed E-state index contributed by atoms with van der Waals surface area (Å²) in [5, 5.41) is 0. The molecular weight excluding hydrogens is 380 g/mol. The third kappa shape index (κ3) is 4.22. The molecular formula is C16H19BrN2O3S. The monoisotopic (exact) mass is 398 g/mol. The second kappa shape index (κ2) is 7.59. The predicted molar refractivity (Wildman–Crippen MR) is 93.2 cm³/mol. The van der Waals surface area contributed by atoms with Gasteiger partial charge >= 0.3 is 0 Å². The number of halogens is 1. The molecule has 23 heavy (non-hydrogen) atoms. The van der Waals surface area contributed by atoms with Crippen molar-refractivity contribution in [1.82, 2.24) is 9.80 Å². The molecule has 0 N–H and O–H groups in total. The summed E-state index contributed by atoms with van der Waals surface area (Å²) in [6, 6.07) is 3.93. The highest BCUT2D eigenvalue weighted by Gasteiger charge is 2.30. The van der Waals surface area contributed by atoms with Crippen molar-refractivity contribution in [2.24, 2.45) is 0 Å². The van der Waals surface area contributed by atoms with Gasteiger partial charge in [-0.1, -0.05) is 0 Å². The third-order valence-electron chi connectivity index (χ3n) is 4.09. The highest BCUT2D eigenvalue weighted by molar-refractivity contribution is 9.11. The van der Waals surface area contributed by atoms with Gasteiger partial charge in [-0.15, -0.1) is 11.3 Å². The minimum absolute atomic E-state index is 0.00117. The van der Waals surface area contributed by atoms with Crippen LogP contribution in [0, 0.1) is 0 Å². The van der Waals surface area contributed by atoms with Gasteiger partial charge < -0.3 is 14.5 Å². The average Bonchev–Trinajstić information content (AvgIpc) is 3.24. The molecule has 1 aromatic heterocycles. The van der Waals surface area contributed by atoms with Gasteiger partial charge in [0, 0.05) is 43.7 Å². The zero-order chi connectivity index (χ0) is 16.2. The summed E-state index contributed by atoms with van der Waals surface area (Å²) < 4.78 is 6.49. The molecule has 7 heteroatoms. The minimum Gasteiger partial charge on any atom is -0.368 e. The number of hydrogen-bond acceptors (Lipinski definition) is 4. The summed E-state index contributed by atoms with van der Waals surface area (Å²) in [5.41, 5.74) is 0. The Kier molecular flexibility index (Phi) is 5.50. The van der Waals surface area contributed by atoms with Crippen LogP contribution in [0.25, 0.3) is 6.08 Å². The number of piperazine rings is 1. The van der Waals surface area contributed by atoms with E-state index in [9.17, 15) is 9.59 Å². The standard InChI is InChI=1S/C16H19BrN2O3S/c17-14-5-3-12(23-14)4-6-15(20)18-7-9-19(10-8-18)16(21)13-2-1-11-22-13/h3-6,13H,1-2,7-11H2. The van der Waals surface area contributed by atoms with E-state index in [-0.39, 0.29) is 17.9 Å². The fraction of sp³-hybridized carbons (Fsp3) is 0.500. The van der Waals surface area contributed by atoms with Crippen molar-refractivity contribution in [2.75, 3.05) is 32.8 Å². The number of nitrogens with zero attached hydrogens (tertiary/aromatic N) is 2. The Hall–Kier alpha value is -1.18. The van der Waals surface area contributed by atoms with Crippen LogP contribution in [0.2, 0.25) is 0 Å². The lowest BCUT2D eigenvalue weighted by Crippen LogP contribution is -2.52. The van der Waals surface area contributed by atoms with Crippen LogP contribution in [-0.2, 0) is 14.3 Å². The van der Waals surface area contributed by atoms with E-state index in [0.29, 0.717) is 32.8 Å². The van der Waals surface area contributed by atoms with Gasteiger partial charge in [-0.05, 0) is 47.0 Å². The zero-order valence-electron chi connectivity index (χ0n) is 12.7. The molecule has 0 aliphatic carbocycles. The summed E-state index contributed by atoms with van der Waals surface area (Å²) in [5.74, 6) is 0.0762. The van der Waals surface area contributed by atoms with Crippen molar-refractivity contribution in [3.05, 3.63) is 26.9 Å². The van der Waals surface area contributed by atoms with Gasteiger partial charge in [0.1, 0.15) is 6.10 Å². The Morgan fingerprint density at radius 1 is 1.22 bits per heavy atom. The van der Waals surface area contributed by atoms with Crippen LogP contribution >= 0.6 is 27.3 Å². The second-order valence-corrected chi connectivity index (χ2v) is 8.12. The van der Waals surface area contributed by atoms with E-state index in [4.69, 9.17) is 4.74 Å². The fourth-order valence-corrected chi connectivity index (χ4v) is 4.13. The molecule has 124 valence electrons. The number of carbonyl (C=O) groups excluding carboxylic acids is 2. The van der Waals surface area contributed by atoms with Crippen LogP contribution in [0.3, 0.4) is 0 Å². The molecule has 0 saturated carbocycles. The zero-order valence-corrected chi connectivity index (χ0v) is 15.1. The lowest BCUT2D eigenvalue weighted by atomic mass is 10.2. The molecule has 0 aromatic carbocycles. The highest BCUT2D eigenvalue weighted by Crippen LogP contribution is 2.23. The molecule has 3 rings (SSSR count). The first-order valence-corrected chi connectivity index (χ1v) is 9.37. The second-order valence-electron chi connectivity index (χ2n) is 5.63. The molecule has 2 amide bonds. The summed E-state index contributed by atoms with van der Waals surface area (Å²) >= 11 is 4.99. The number of ether oxygens (including phenoxy) is 1.